The average Bonchev–Trinajstić information content (AvgIpc) is 3.17. The molecule has 0 saturated heterocycles. The molecular formula is C20H13ClN2O6. The smallest absolute Gasteiger partial charge is 0.313 e. The number of benzene rings is 3. The summed E-state index contributed by atoms with van der Waals surface area (Å²) in [6.45, 7) is 0.153. The van der Waals surface area contributed by atoms with Gasteiger partial charge in [-0.3, -0.25) is 14.9 Å². The molecule has 0 atom stereocenters. The molecule has 3 aromatic rings. The number of nitrogens with one attached hydrogen (secondary N) is 1. The van der Waals surface area contributed by atoms with Gasteiger partial charge in [-0.2, -0.15) is 0 Å². The minimum absolute atomic E-state index is 0.0527. The summed E-state index contributed by atoms with van der Waals surface area (Å²) in [6.07, 6.45) is 0. The number of hydrogen-bond acceptors (Lipinski definition) is 6. The maximum atomic E-state index is 12.4. The molecule has 0 aromatic heterocycles. The molecule has 146 valence electrons. The minimum Gasteiger partial charge on any atom is -0.454 e. The fourth-order valence-corrected chi connectivity index (χ4v) is 2.86. The molecule has 0 saturated carbocycles. The summed E-state index contributed by atoms with van der Waals surface area (Å²) in [7, 11) is 0. The van der Waals surface area contributed by atoms with E-state index in [0.717, 1.165) is 0 Å². The van der Waals surface area contributed by atoms with Crippen molar-refractivity contribution in [2.75, 3.05) is 12.1 Å². The molecule has 29 heavy (non-hydrogen) atoms. The van der Waals surface area contributed by atoms with E-state index in [1.807, 2.05) is 0 Å². The minimum atomic E-state index is -0.575. The molecule has 8 nitrogen and oxygen atoms in total. The summed E-state index contributed by atoms with van der Waals surface area (Å²) in [5.74, 6) is 1.26. The van der Waals surface area contributed by atoms with Crippen LogP contribution in [0.2, 0.25) is 5.02 Å². The van der Waals surface area contributed by atoms with Gasteiger partial charge in [0, 0.05) is 28.4 Å². The van der Waals surface area contributed by atoms with Gasteiger partial charge in [0.2, 0.25) is 12.5 Å². The highest BCUT2D eigenvalue weighted by molar-refractivity contribution is 6.30. The van der Waals surface area contributed by atoms with Gasteiger partial charge in [0.05, 0.1) is 4.92 Å². The average molecular weight is 413 g/mol. The number of fused-ring (bicyclic) bond motifs is 1. The maximum absolute atomic E-state index is 12.4. The molecule has 1 aliphatic heterocycles. The second kappa shape index (κ2) is 7.69. The number of hydrogen-bond donors (Lipinski definition) is 1. The SMILES string of the molecule is O=C(Nc1ccc2c(c1)OCO2)c1ccc(Oc2ccc(Cl)cc2[N+](=O)[O-])cc1. The first-order chi connectivity index (χ1) is 14.0. The van der Waals surface area contributed by atoms with E-state index in [0.29, 0.717) is 28.5 Å². The van der Waals surface area contributed by atoms with E-state index >= 15 is 0 Å². The van der Waals surface area contributed by atoms with Crippen LogP contribution < -0.4 is 19.5 Å². The Hall–Kier alpha value is -3.78. The molecule has 1 amide bonds. The number of rotatable bonds is 5. The Labute approximate surface area is 169 Å². The standard InChI is InChI=1S/C20H13ClN2O6/c21-13-3-7-17(16(9-13)23(25)26)29-15-5-1-12(2-6-15)20(24)22-14-4-8-18-19(10-14)28-11-27-18/h1-10H,11H2,(H,22,24). The number of amides is 1. The number of nitro groups is 1. The third kappa shape index (κ3) is 4.07. The Morgan fingerprint density at radius 2 is 1.79 bits per heavy atom. The first kappa shape index (κ1) is 18.6. The zero-order valence-corrected chi connectivity index (χ0v) is 15.5. The molecule has 1 heterocycles. The molecule has 1 aliphatic rings. The Morgan fingerprint density at radius 1 is 1.03 bits per heavy atom. The predicted octanol–water partition coefficient (Wildman–Crippen LogP) is 5.02. The van der Waals surface area contributed by atoms with Crippen LogP contribution in [0.3, 0.4) is 0 Å². The number of anilines is 1. The molecule has 0 spiro atoms. The number of ether oxygens (including phenoxy) is 3. The van der Waals surface area contributed by atoms with Crippen LogP contribution in [0, 0.1) is 10.1 Å². The number of nitrogens with zero attached hydrogens (tertiary/aromatic N) is 1. The quantitative estimate of drug-likeness (QED) is 0.466. The van der Waals surface area contributed by atoms with E-state index in [1.54, 1.807) is 42.5 Å². The van der Waals surface area contributed by atoms with Crippen LogP contribution in [-0.2, 0) is 0 Å². The molecule has 0 radical (unpaired) electrons. The van der Waals surface area contributed by atoms with E-state index in [4.69, 9.17) is 25.8 Å². The van der Waals surface area contributed by atoms with Crippen LogP contribution >= 0.6 is 11.6 Å². The number of carbonyl (C=O) groups excluding carboxylic acids is 1. The van der Waals surface area contributed by atoms with Crippen molar-refractivity contribution in [2.45, 2.75) is 0 Å². The van der Waals surface area contributed by atoms with E-state index in [-0.39, 0.29) is 29.2 Å². The van der Waals surface area contributed by atoms with Gasteiger partial charge < -0.3 is 19.5 Å². The maximum Gasteiger partial charge on any atom is 0.313 e. The van der Waals surface area contributed by atoms with Crippen LogP contribution in [0.1, 0.15) is 10.4 Å². The van der Waals surface area contributed by atoms with Gasteiger partial charge in [-0.05, 0) is 48.5 Å². The molecule has 3 aromatic carbocycles. The molecule has 0 fully saturated rings. The molecule has 4 rings (SSSR count). The van der Waals surface area contributed by atoms with Crippen molar-refractivity contribution in [1.82, 2.24) is 0 Å². The molecular weight excluding hydrogens is 400 g/mol. The summed E-state index contributed by atoms with van der Waals surface area (Å²) in [4.78, 5) is 23.0. The van der Waals surface area contributed by atoms with Crippen LogP contribution in [0.25, 0.3) is 0 Å². The first-order valence-electron chi connectivity index (χ1n) is 8.42. The summed E-state index contributed by atoms with van der Waals surface area (Å²) in [5, 5.41) is 14.2. The van der Waals surface area contributed by atoms with Crippen molar-refractivity contribution in [3.8, 4) is 23.0 Å². The van der Waals surface area contributed by atoms with Crippen molar-refractivity contribution in [1.29, 1.82) is 0 Å². The van der Waals surface area contributed by atoms with Gasteiger partial charge in [-0.25, -0.2) is 0 Å². The Kier molecular flexibility index (Phi) is 4.92. The second-order valence-electron chi connectivity index (χ2n) is 6.02. The van der Waals surface area contributed by atoms with E-state index in [2.05, 4.69) is 5.32 Å². The molecule has 9 heteroatoms. The Morgan fingerprint density at radius 3 is 2.55 bits per heavy atom. The lowest BCUT2D eigenvalue weighted by molar-refractivity contribution is -0.385. The third-order valence-electron chi connectivity index (χ3n) is 4.09. The van der Waals surface area contributed by atoms with Crippen molar-refractivity contribution in [3.63, 3.8) is 0 Å². The number of halogens is 1. The van der Waals surface area contributed by atoms with Crippen LogP contribution in [0.15, 0.2) is 60.7 Å². The van der Waals surface area contributed by atoms with E-state index < -0.39 is 4.92 Å². The van der Waals surface area contributed by atoms with Gasteiger partial charge in [0.25, 0.3) is 5.91 Å². The lowest BCUT2D eigenvalue weighted by Gasteiger charge is -2.09. The van der Waals surface area contributed by atoms with Crippen molar-refractivity contribution in [3.05, 3.63) is 81.4 Å². The Balaban J connectivity index is 1.47. The van der Waals surface area contributed by atoms with E-state index in [9.17, 15) is 14.9 Å². The van der Waals surface area contributed by atoms with Crippen molar-refractivity contribution >= 4 is 28.9 Å². The summed E-state index contributed by atoms with van der Waals surface area (Å²) < 4.78 is 16.1. The fourth-order valence-electron chi connectivity index (χ4n) is 2.70. The largest absolute Gasteiger partial charge is 0.454 e. The second-order valence-corrected chi connectivity index (χ2v) is 6.45. The van der Waals surface area contributed by atoms with Crippen LogP contribution in [0.4, 0.5) is 11.4 Å². The van der Waals surface area contributed by atoms with Crippen molar-refractivity contribution in [2.24, 2.45) is 0 Å². The highest BCUT2D eigenvalue weighted by Gasteiger charge is 2.17. The molecule has 0 unspecified atom stereocenters. The first-order valence-corrected chi connectivity index (χ1v) is 8.80. The highest BCUT2D eigenvalue weighted by atomic mass is 35.5. The zero-order valence-electron chi connectivity index (χ0n) is 14.8. The highest BCUT2D eigenvalue weighted by Crippen LogP contribution is 2.35. The third-order valence-corrected chi connectivity index (χ3v) is 4.33. The lowest BCUT2D eigenvalue weighted by atomic mass is 10.2. The molecule has 1 N–H and O–H groups in total. The summed E-state index contributed by atoms with van der Waals surface area (Å²) in [5.41, 5.74) is 0.708. The van der Waals surface area contributed by atoms with Crippen LogP contribution in [-0.4, -0.2) is 17.6 Å². The normalized spacial score (nSPS) is 11.8. The summed E-state index contributed by atoms with van der Waals surface area (Å²) in [6, 6.07) is 15.4. The van der Waals surface area contributed by atoms with Crippen LogP contribution in [0.5, 0.6) is 23.0 Å². The van der Waals surface area contributed by atoms with Gasteiger partial charge in [-0.15, -0.1) is 0 Å². The van der Waals surface area contributed by atoms with Gasteiger partial charge in [0.15, 0.2) is 11.5 Å². The monoisotopic (exact) mass is 412 g/mol. The Bertz CT molecular complexity index is 1100. The zero-order chi connectivity index (χ0) is 20.4. The number of carbonyl (C=O) groups is 1. The fraction of sp³-hybridized carbons (Fsp3) is 0.0500. The molecule has 0 aliphatic carbocycles. The molecule has 0 bridgehead atoms. The van der Waals surface area contributed by atoms with E-state index in [1.165, 1.54) is 18.2 Å². The van der Waals surface area contributed by atoms with Gasteiger partial charge in [-0.1, -0.05) is 11.6 Å². The topological polar surface area (TPSA) is 99.9 Å². The van der Waals surface area contributed by atoms with Crippen molar-refractivity contribution < 1.29 is 23.9 Å². The van der Waals surface area contributed by atoms with Gasteiger partial charge >= 0.3 is 5.69 Å². The lowest BCUT2D eigenvalue weighted by Crippen LogP contribution is -2.11. The predicted molar refractivity (Wildman–Crippen MR) is 105 cm³/mol. The number of nitro benzene ring substituents is 1. The summed E-state index contributed by atoms with van der Waals surface area (Å²) >= 11 is 5.80. The van der Waals surface area contributed by atoms with Gasteiger partial charge in [0.1, 0.15) is 5.75 Å².